The van der Waals surface area contributed by atoms with Crippen LogP contribution in [0.2, 0.25) is 0 Å². The highest BCUT2D eigenvalue weighted by molar-refractivity contribution is 5.81. The van der Waals surface area contributed by atoms with Gasteiger partial charge in [0.05, 0.1) is 21.3 Å². The smallest absolute Gasteiger partial charge is 0.407 e. The molecule has 1 aliphatic carbocycles. The maximum Gasteiger partial charge on any atom is 0.407 e. The van der Waals surface area contributed by atoms with Crippen LogP contribution in [0.3, 0.4) is 0 Å². The summed E-state index contributed by atoms with van der Waals surface area (Å²) < 4.78 is 21.6. The number of rotatable bonds is 9. The lowest BCUT2D eigenvalue weighted by molar-refractivity contribution is -0.139. The number of carboxylic acids is 1. The second-order valence-electron chi connectivity index (χ2n) is 8.05. The maximum atomic E-state index is 12.7. The van der Waals surface area contributed by atoms with Crippen LogP contribution in [0.5, 0.6) is 17.2 Å². The zero-order chi connectivity index (χ0) is 24.9. The second kappa shape index (κ2) is 10.4. The van der Waals surface area contributed by atoms with Crippen LogP contribution in [-0.2, 0) is 16.0 Å². The number of alkyl carbamates (subject to hydrolysis) is 1. The summed E-state index contributed by atoms with van der Waals surface area (Å²) in [6.45, 7) is 0.0814. The number of ether oxygens (including phenoxy) is 4. The van der Waals surface area contributed by atoms with Gasteiger partial charge in [0, 0.05) is 17.9 Å². The number of benzene rings is 3. The van der Waals surface area contributed by atoms with E-state index in [4.69, 9.17) is 18.9 Å². The Bertz CT molecular complexity index is 1190. The largest absolute Gasteiger partial charge is 0.496 e. The number of nitrogens with one attached hydrogen (secondary N) is 1. The molecule has 0 spiro atoms. The Morgan fingerprint density at radius 1 is 0.857 bits per heavy atom. The van der Waals surface area contributed by atoms with E-state index in [9.17, 15) is 14.7 Å². The number of carboxylic acid groups (broad SMARTS) is 1. The molecule has 2 N–H and O–H groups in total. The van der Waals surface area contributed by atoms with Crippen LogP contribution >= 0.6 is 0 Å². The SMILES string of the molecule is COc1ccc(OC)c(OC)c1CC(NC(=O)OCC1c2ccccc2-c2ccccc21)C(=O)O. The Kier molecular flexibility index (Phi) is 7.10. The Balaban J connectivity index is 1.49. The van der Waals surface area contributed by atoms with Crippen LogP contribution in [0.1, 0.15) is 22.6 Å². The molecule has 3 aromatic carbocycles. The molecule has 8 nitrogen and oxygen atoms in total. The molecule has 182 valence electrons. The second-order valence-corrected chi connectivity index (χ2v) is 8.05. The Hall–Kier alpha value is -4.20. The number of carbonyl (C=O) groups excluding carboxylic acids is 1. The van der Waals surface area contributed by atoms with Crippen molar-refractivity contribution in [2.24, 2.45) is 0 Å². The number of hydrogen-bond donors (Lipinski definition) is 2. The summed E-state index contributed by atoms with van der Waals surface area (Å²) in [5, 5.41) is 12.3. The third-order valence-electron chi connectivity index (χ3n) is 6.17. The maximum absolute atomic E-state index is 12.7. The minimum absolute atomic E-state index is 0.0814. The zero-order valence-corrected chi connectivity index (χ0v) is 19.7. The summed E-state index contributed by atoms with van der Waals surface area (Å²) in [6.07, 6.45) is -0.914. The lowest BCUT2D eigenvalue weighted by Crippen LogP contribution is -2.43. The Morgan fingerprint density at radius 3 is 1.97 bits per heavy atom. The molecular weight excluding hydrogens is 450 g/mol. The van der Waals surface area contributed by atoms with Gasteiger partial charge in [0.25, 0.3) is 0 Å². The number of carbonyl (C=O) groups is 2. The van der Waals surface area contributed by atoms with E-state index in [1.165, 1.54) is 21.3 Å². The zero-order valence-electron chi connectivity index (χ0n) is 19.7. The molecule has 1 aliphatic rings. The number of aliphatic carboxylic acids is 1. The first-order chi connectivity index (χ1) is 17.0. The molecule has 0 bridgehead atoms. The van der Waals surface area contributed by atoms with Gasteiger partial charge in [-0.3, -0.25) is 0 Å². The number of amides is 1. The van der Waals surface area contributed by atoms with Gasteiger partial charge < -0.3 is 29.4 Å². The third kappa shape index (κ3) is 4.73. The van der Waals surface area contributed by atoms with Crippen molar-refractivity contribution >= 4 is 12.1 Å². The van der Waals surface area contributed by atoms with Gasteiger partial charge in [0.15, 0.2) is 11.5 Å². The molecule has 8 heteroatoms. The van der Waals surface area contributed by atoms with Gasteiger partial charge in [-0.05, 0) is 34.4 Å². The fourth-order valence-electron chi connectivity index (χ4n) is 4.54. The van der Waals surface area contributed by atoms with E-state index in [1.54, 1.807) is 12.1 Å². The minimum atomic E-state index is -1.28. The van der Waals surface area contributed by atoms with Gasteiger partial charge in [0.1, 0.15) is 18.4 Å². The predicted molar refractivity (Wildman–Crippen MR) is 129 cm³/mol. The van der Waals surface area contributed by atoms with Crippen molar-refractivity contribution in [1.82, 2.24) is 5.32 Å². The van der Waals surface area contributed by atoms with Crippen molar-refractivity contribution in [3.8, 4) is 28.4 Å². The van der Waals surface area contributed by atoms with Crippen LogP contribution in [0.15, 0.2) is 60.7 Å². The molecule has 3 aromatic rings. The van der Waals surface area contributed by atoms with E-state index in [0.717, 1.165) is 22.3 Å². The average Bonchev–Trinajstić information content (AvgIpc) is 3.20. The highest BCUT2D eigenvalue weighted by atomic mass is 16.5. The molecule has 4 rings (SSSR count). The van der Waals surface area contributed by atoms with E-state index >= 15 is 0 Å². The first-order valence-corrected chi connectivity index (χ1v) is 11.1. The minimum Gasteiger partial charge on any atom is -0.496 e. The first kappa shape index (κ1) is 23.9. The Labute approximate surface area is 203 Å². The van der Waals surface area contributed by atoms with Crippen LogP contribution < -0.4 is 19.5 Å². The molecule has 0 saturated carbocycles. The summed E-state index contributed by atoms with van der Waals surface area (Å²) in [5.74, 6) is -0.162. The fourth-order valence-corrected chi connectivity index (χ4v) is 4.54. The van der Waals surface area contributed by atoms with Crippen LogP contribution in [0, 0.1) is 0 Å². The van der Waals surface area contributed by atoms with Gasteiger partial charge >= 0.3 is 12.1 Å². The molecule has 1 unspecified atom stereocenters. The topological polar surface area (TPSA) is 103 Å². The van der Waals surface area contributed by atoms with Gasteiger partial charge in [-0.25, -0.2) is 9.59 Å². The van der Waals surface area contributed by atoms with Crippen molar-refractivity contribution in [3.05, 3.63) is 77.4 Å². The monoisotopic (exact) mass is 477 g/mol. The molecule has 1 atom stereocenters. The molecule has 0 aromatic heterocycles. The molecule has 0 aliphatic heterocycles. The summed E-state index contributed by atoms with van der Waals surface area (Å²) >= 11 is 0. The third-order valence-corrected chi connectivity index (χ3v) is 6.17. The van der Waals surface area contributed by atoms with E-state index in [2.05, 4.69) is 5.32 Å². The molecule has 0 heterocycles. The average molecular weight is 478 g/mol. The lowest BCUT2D eigenvalue weighted by atomic mass is 9.98. The van der Waals surface area contributed by atoms with E-state index in [1.807, 2.05) is 48.5 Å². The van der Waals surface area contributed by atoms with Gasteiger partial charge in [0.2, 0.25) is 0 Å². The first-order valence-electron chi connectivity index (χ1n) is 11.1. The van der Waals surface area contributed by atoms with E-state index < -0.39 is 18.1 Å². The Morgan fingerprint density at radius 2 is 1.43 bits per heavy atom. The molecule has 0 radical (unpaired) electrons. The van der Waals surface area contributed by atoms with Gasteiger partial charge in [-0.1, -0.05) is 48.5 Å². The van der Waals surface area contributed by atoms with Gasteiger partial charge in [-0.2, -0.15) is 0 Å². The highest BCUT2D eigenvalue weighted by Gasteiger charge is 2.30. The molecule has 35 heavy (non-hydrogen) atoms. The number of hydrogen-bond acceptors (Lipinski definition) is 6. The quantitative estimate of drug-likeness (QED) is 0.475. The molecule has 1 amide bonds. The van der Waals surface area contributed by atoms with Crippen LogP contribution in [-0.4, -0.2) is 51.1 Å². The summed E-state index contributed by atoms with van der Waals surface area (Å²) in [6, 6.07) is 18.0. The highest BCUT2D eigenvalue weighted by Crippen LogP contribution is 2.44. The van der Waals surface area contributed by atoms with E-state index in [-0.39, 0.29) is 18.9 Å². The van der Waals surface area contributed by atoms with Crippen molar-refractivity contribution in [2.75, 3.05) is 27.9 Å². The number of fused-ring (bicyclic) bond motifs is 3. The van der Waals surface area contributed by atoms with E-state index in [0.29, 0.717) is 22.8 Å². The molecule has 0 fully saturated rings. The summed E-state index contributed by atoms with van der Waals surface area (Å²) in [4.78, 5) is 24.7. The molecule has 0 saturated heterocycles. The van der Waals surface area contributed by atoms with Crippen LogP contribution in [0.25, 0.3) is 11.1 Å². The van der Waals surface area contributed by atoms with Crippen molar-refractivity contribution in [1.29, 1.82) is 0 Å². The normalized spacial score (nSPS) is 12.8. The molecular formula is C27H27NO7. The van der Waals surface area contributed by atoms with Crippen molar-refractivity contribution in [3.63, 3.8) is 0 Å². The fraction of sp³-hybridized carbons (Fsp3) is 0.259. The van der Waals surface area contributed by atoms with Crippen molar-refractivity contribution < 1.29 is 33.6 Å². The van der Waals surface area contributed by atoms with Crippen LogP contribution in [0.4, 0.5) is 4.79 Å². The summed E-state index contributed by atoms with van der Waals surface area (Å²) in [5.41, 5.74) is 4.82. The number of methoxy groups -OCH3 is 3. The lowest BCUT2D eigenvalue weighted by Gasteiger charge is -2.20. The van der Waals surface area contributed by atoms with Gasteiger partial charge in [-0.15, -0.1) is 0 Å². The standard InChI is InChI=1S/C27H27NO7/c1-32-23-12-13-24(33-2)25(34-3)20(23)14-22(26(29)30)28-27(31)35-15-21-18-10-6-4-8-16(18)17-9-5-7-11-19(17)21/h4-13,21-22H,14-15H2,1-3H3,(H,28,31)(H,29,30). The van der Waals surface area contributed by atoms with Crippen molar-refractivity contribution in [2.45, 2.75) is 18.4 Å². The predicted octanol–water partition coefficient (Wildman–Crippen LogP) is 4.25. The summed E-state index contributed by atoms with van der Waals surface area (Å²) in [7, 11) is 4.41.